The van der Waals surface area contributed by atoms with Crippen LogP contribution in [0, 0.1) is 13.8 Å². The van der Waals surface area contributed by atoms with Gasteiger partial charge in [-0.05, 0) is 93.2 Å². The first-order valence-corrected chi connectivity index (χ1v) is 12.9. The van der Waals surface area contributed by atoms with Crippen molar-refractivity contribution in [2.75, 3.05) is 11.1 Å². The molecule has 0 aliphatic carbocycles. The molecule has 1 amide bonds. The largest absolute Gasteiger partial charge is 0.323 e. The van der Waals surface area contributed by atoms with E-state index in [1.54, 1.807) is 30.3 Å². The minimum absolute atomic E-state index is 0.0666. The van der Waals surface area contributed by atoms with Crippen LogP contribution in [-0.2, 0) is 4.79 Å². The summed E-state index contributed by atoms with van der Waals surface area (Å²) in [6.45, 7) is 3.83. The Morgan fingerprint density at radius 3 is 2.52 bits per heavy atom. The van der Waals surface area contributed by atoms with Crippen molar-refractivity contribution >= 4 is 77.7 Å². The lowest BCUT2D eigenvalue weighted by Gasteiger charge is -2.16. The summed E-state index contributed by atoms with van der Waals surface area (Å²) in [5.74, 6) is -0.154. The van der Waals surface area contributed by atoms with Crippen LogP contribution in [0.15, 0.2) is 73.5 Å². The normalized spacial score (nSPS) is 11.1. The fourth-order valence-electron chi connectivity index (χ4n) is 3.38. The van der Waals surface area contributed by atoms with Crippen LogP contribution in [0.25, 0.3) is 16.6 Å². The number of hydrogen-bond acceptors (Lipinski definition) is 4. The number of aryl methyl sites for hydroxylation is 1. The van der Waals surface area contributed by atoms with Crippen molar-refractivity contribution in [2.24, 2.45) is 0 Å². The second kappa shape index (κ2) is 10.0. The van der Waals surface area contributed by atoms with Gasteiger partial charge >= 0.3 is 0 Å². The molecular formula is C24H18Br2ClN3O2S. The van der Waals surface area contributed by atoms with Crippen LogP contribution in [-0.4, -0.2) is 21.2 Å². The van der Waals surface area contributed by atoms with E-state index >= 15 is 0 Å². The molecule has 0 bridgehead atoms. The fourth-order valence-corrected chi connectivity index (χ4v) is 5.97. The monoisotopic (exact) mass is 605 g/mol. The number of hydrogen-bond donors (Lipinski definition) is 1. The Morgan fingerprint density at radius 2 is 1.79 bits per heavy atom. The Labute approximate surface area is 216 Å². The number of thioether (sulfide) groups is 1. The molecule has 1 heterocycles. The van der Waals surface area contributed by atoms with Crippen molar-refractivity contribution in [1.82, 2.24) is 9.55 Å². The maximum atomic E-state index is 13.4. The van der Waals surface area contributed by atoms with Gasteiger partial charge in [-0.1, -0.05) is 41.6 Å². The van der Waals surface area contributed by atoms with E-state index in [0.717, 1.165) is 20.1 Å². The van der Waals surface area contributed by atoms with Gasteiger partial charge in [0.2, 0.25) is 5.91 Å². The Balaban J connectivity index is 1.71. The fraction of sp³-hybridized carbons (Fsp3) is 0.125. The van der Waals surface area contributed by atoms with Crippen LogP contribution in [0.3, 0.4) is 0 Å². The summed E-state index contributed by atoms with van der Waals surface area (Å²) in [4.78, 5) is 30.9. The molecule has 0 spiro atoms. The predicted octanol–water partition coefficient (Wildman–Crippen LogP) is 6.91. The third-order valence-electron chi connectivity index (χ3n) is 5.01. The number of nitrogens with one attached hydrogen (secondary N) is 1. The van der Waals surface area contributed by atoms with Crippen molar-refractivity contribution in [3.05, 3.63) is 90.0 Å². The number of rotatable bonds is 5. The summed E-state index contributed by atoms with van der Waals surface area (Å²) in [5, 5.41) is 4.39. The lowest BCUT2D eigenvalue weighted by molar-refractivity contribution is -0.113. The predicted molar refractivity (Wildman–Crippen MR) is 143 cm³/mol. The van der Waals surface area contributed by atoms with Gasteiger partial charge in [0.05, 0.1) is 28.0 Å². The van der Waals surface area contributed by atoms with Crippen LogP contribution >= 0.6 is 55.2 Å². The van der Waals surface area contributed by atoms with Gasteiger partial charge in [-0.3, -0.25) is 14.2 Å². The molecule has 1 N–H and O–H groups in total. The molecule has 4 rings (SSSR count). The molecule has 0 saturated carbocycles. The molecule has 0 saturated heterocycles. The van der Waals surface area contributed by atoms with Crippen molar-refractivity contribution in [1.29, 1.82) is 0 Å². The van der Waals surface area contributed by atoms with Crippen LogP contribution in [0.5, 0.6) is 0 Å². The Hall–Kier alpha value is -2.13. The van der Waals surface area contributed by atoms with Crippen molar-refractivity contribution in [3.8, 4) is 5.69 Å². The zero-order valence-electron chi connectivity index (χ0n) is 17.7. The first-order chi connectivity index (χ1) is 15.8. The highest BCUT2D eigenvalue weighted by Gasteiger charge is 2.18. The molecule has 4 aromatic rings. The van der Waals surface area contributed by atoms with E-state index in [0.29, 0.717) is 32.5 Å². The summed E-state index contributed by atoms with van der Waals surface area (Å²) in [6.07, 6.45) is 0. The second-order valence-corrected chi connectivity index (χ2v) is 10.4. The van der Waals surface area contributed by atoms with Gasteiger partial charge in [0.15, 0.2) is 5.16 Å². The number of fused-ring (bicyclic) bond motifs is 1. The quantitative estimate of drug-likeness (QED) is 0.198. The molecule has 0 radical (unpaired) electrons. The number of halogens is 3. The van der Waals surface area contributed by atoms with Gasteiger partial charge in [-0.25, -0.2) is 4.98 Å². The lowest BCUT2D eigenvalue weighted by atomic mass is 10.2. The van der Waals surface area contributed by atoms with Crippen LogP contribution in [0.4, 0.5) is 5.69 Å². The van der Waals surface area contributed by atoms with Gasteiger partial charge in [0.1, 0.15) is 0 Å². The molecule has 33 heavy (non-hydrogen) atoms. The van der Waals surface area contributed by atoms with Gasteiger partial charge in [-0.15, -0.1) is 0 Å². The molecule has 0 aliphatic rings. The van der Waals surface area contributed by atoms with Crippen molar-refractivity contribution in [2.45, 2.75) is 19.0 Å². The number of benzene rings is 3. The zero-order valence-corrected chi connectivity index (χ0v) is 22.4. The average molecular weight is 608 g/mol. The van der Waals surface area contributed by atoms with E-state index in [1.807, 2.05) is 38.1 Å². The number of para-hydroxylation sites is 1. The van der Waals surface area contributed by atoms with E-state index in [2.05, 4.69) is 37.2 Å². The van der Waals surface area contributed by atoms with Crippen molar-refractivity contribution in [3.63, 3.8) is 0 Å². The topological polar surface area (TPSA) is 64.0 Å². The summed E-state index contributed by atoms with van der Waals surface area (Å²) in [5.41, 5.74) is 3.47. The molecule has 0 atom stereocenters. The van der Waals surface area contributed by atoms with Crippen molar-refractivity contribution < 1.29 is 4.79 Å². The summed E-state index contributed by atoms with van der Waals surface area (Å²) in [6, 6.07) is 16.4. The Bertz CT molecular complexity index is 1430. The van der Waals surface area contributed by atoms with Crippen LogP contribution < -0.4 is 10.9 Å². The summed E-state index contributed by atoms with van der Waals surface area (Å²) >= 11 is 14.5. The van der Waals surface area contributed by atoms with Crippen LogP contribution in [0.1, 0.15) is 11.1 Å². The van der Waals surface area contributed by atoms with E-state index < -0.39 is 0 Å². The highest BCUT2D eigenvalue weighted by Crippen LogP contribution is 2.33. The molecule has 3 aromatic carbocycles. The third kappa shape index (κ3) is 5.04. The minimum Gasteiger partial charge on any atom is -0.323 e. The smallest absolute Gasteiger partial charge is 0.266 e. The highest BCUT2D eigenvalue weighted by atomic mass is 79.9. The van der Waals surface area contributed by atoms with E-state index in [9.17, 15) is 9.59 Å². The molecule has 5 nitrogen and oxygen atoms in total. The maximum Gasteiger partial charge on any atom is 0.266 e. The van der Waals surface area contributed by atoms with E-state index in [1.165, 1.54) is 16.3 Å². The second-order valence-electron chi connectivity index (χ2n) is 7.38. The van der Waals surface area contributed by atoms with E-state index in [-0.39, 0.29) is 17.2 Å². The first-order valence-electron chi connectivity index (χ1n) is 9.92. The molecule has 9 heteroatoms. The lowest BCUT2D eigenvalue weighted by Crippen LogP contribution is -2.23. The number of carbonyl (C=O) groups excluding carboxylic acids is 1. The summed E-state index contributed by atoms with van der Waals surface area (Å²) < 4.78 is 3.09. The number of nitrogens with zero attached hydrogens (tertiary/aromatic N) is 2. The number of amides is 1. The molecule has 1 aromatic heterocycles. The Morgan fingerprint density at radius 1 is 1.09 bits per heavy atom. The molecule has 0 aliphatic heterocycles. The molecular weight excluding hydrogens is 590 g/mol. The zero-order chi connectivity index (χ0) is 23.7. The van der Waals surface area contributed by atoms with Gasteiger partial charge in [0.25, 0.3) is 5.56 Å². The standard InChI is InChI=1S/C24H18Br2ClN3O2S/c1-13-10-16(25)22(17(26)11-13)29-21(31)12-33-24-28-19-8-4-3-6-15(19)23(32)30(24)20-9-5-7-18(27)14(20)2/h3-11H,12H2,1-2H3,(H,29,31). The molecule has 0 unspecified atom stereocenters. The Kier molecular flexibility index (Phi) is 7.28. The number of carbonyl (C=O) groups is 1. The number of aromatic nitrogens is 2. The van der Waals surface area contributed by atoms with E-state index in [4.69, 9.17) is 16.6 Å². The minimum atomic E-state index is -0.220. The molecule has 0 fully saturated rings. The van der Waals surface area contributed by atoms with Crippen LogP contribution in [0.2, 0.25) is 5.02 Å². The first kappa shape index (κ1) is 24.0. The number of anilines is 1. The molecule has 168 valence electrons. The maximum absolute atomic E-state index is 13.4. The van der Waals surface area contributed by atoms with Gasteiger partial charge in [0, 0.05) is 14.0 Å². The van der Waals surface area contributed by atoms with Gasteiger partial charge < -0.3 is 5.32 Å². The highest BCUT2D eigenvalue weighted by molar-refractivity contribution is 9.11. The van der Waals surface area contributed by atoms with Gasteiger partial charge in [-0.2, -0.15) is 0 Å². The average Bonchev–Trinajstić information content (AvgIpc) is 2.77. The summed E-state index contributed by atoms with van der Waals surface area (Å²) in [7, 11) is 0. The SMILES string of the molecule is Cc1cc(Br)c(NC(=O)CSc2nc3ccccc3c(=O)n2-c2cccc(Cl)c2C)c(Br)c1. The third-order valence-corrected chi connectivity index (χ3v) is 7.61.